The van der Waals surface area contributed by atoms with Gasteiger partial charge in [0.05, 0.1) is 23.4 Å². The van der Waals surface area contributed by atoms with Crippen molar-refractivity contribution in [2.45, 2.75) is 13.5 Å². The molecule has 0 saturated carbocycles. The molecule has 11 heteroatoms. The molecule has 0 fully saturated rings. The van der Waals surface area contributed by atoms with Crippen LogP contribution in [-0.4, -0.2) is 43.2 Å². The number of methoxy groups -OCH3 is 1. The second kappa shape index (κ2) is 7.02. The average Bonchev–Trinajstić information content (AvgIpc) is 3.32. The Kier molecular flexibility index (Phi) is 4.31. The molecule has 0 aliphatic carbocycles. The molecule has 2 aromatic rings. The van der Waals surface area contributed by atoms with E-state index in [1.54, 1.807) is 17.1 Å². The molecule has 3 aliphatic heterocycles. The van der Waals surface area contributed by atoms with Crippen LogP contribution < -0.4 is 21.0 Å². The maximum atomic E-state index is 11.4. The lowest BCUT2D eigenvalue weighted by Gasteiger charge is -2.22. The van der Waals surface area contributed by atoms with E-state index in [9.17, 15) is 10.1 Å². The number of hydrogen-bond acceptors (Lipinski definition) is 9. The number of amidine groups is 1. The van der Waals surface area contributed by atoms with Gasteiger partial charge in [-0.1, -0.05) is 23.9 Å². The fraction of sp³-hybridized carbons (Fsp3) is 0.211. The molecule has 30 heavy (non-hydrogen) atoms. The van der Waals surface area contributed by atoms with E-state index in [2.05, 4.69) is 26.2 Å². The number of imidazole rings is 1. The maximum Gasteiger partial charge on any atom is 0.311 e. The number of aromatic nitrogens is 2. The molecule has 0 atom stereocenters. The lowest BCUT2D eigenvalue weighted by molar-refractivity contribution is -0.385. The summed E-state index contributed by atoms with van der Waals surface area (Å²) in [5.74, 6) is 1.49. The van der Waals surface area contributed by atoms with Crippen LogP contribution >= 0.6 is 11.8 Å². The number of nitrogens with one attached hydrogen (secondary N) is 1. The van der Waals surface area contributed by atoms with E-state index in [0.717, 1.165) is 27.5 Å². The van der Waals surface area contributed by atoms with E-state index < -0.39 is 4.92 Å². The summed E-state index contributed by atoms with van der Waals surface area (Å²) >= 11 is 1.51. The first-order valence-corrected chi connectivity index (χ1v) is 10.2. The highest BCUT2D eigenvalue weighted by molar-refractivity contribution is 8.14. The minimum Gasteiger partial charge on any atom is -0.490 e. The summed E-state index contributed by atoms with van der Waals surface area (Å²) in [6, 6.07) is 4.87. The summed E-state index contributed by atoms with van der Waals surface area (Å²) < 4.78 is 7.20. The topological polar surface area (TPSA) is 110 Å². The predicted octanol–water partition coefficient (Wildman–Crippen LogP) is 0.852. The highest BCUT2D eigenvalue weighted by Gasteiger charge is 2.31. The first kappa shape index (κ1) is 18.4. The van der Waals surface area contributed by atoms with Crippen LogP contribution in [0.5, 0.6) is 5.75 Å². The Morgan fingerprint density at radius 2 is 2.23 bits per heavy atom. The average molecular weight is 423 g/mol. The fourth-order valence-corrected chi connectivity index (χ4v) is 4.45. The molecule has 4 heterocycles. The van der Waals surface area contributed by atoms with Gasteiger partial charge in [-0.15, -0.1) is 5.10 Å². The van der Waals surface area contributed by atoms with Gasteiger partial charge in [-0.25, -0.2) is 4.98 Å². The summed E-state index contributed by atoms with van der Waals surface area (Å²) in [5, 5.41) is 23.9. The Balaban J connectivity index is 1.62. The second-order valence-corrected chi connectivity index (χ2v) is 7.70. The van der Waals surface area contributed by atoms with Gasteiger partial charge in [-0.3, -0.25) is 15.5 Å². The van der Waals surface area contributed by atoms with Gasteiger partial charge in [0.25, 0.3) is 0 Å². The fourth-order valence-electron chi connectivity index (χ4n) is 3.59. The molecule has 0 unspecified atom stereocenters. The first-order chi connectivity index (χ1) is 14.6. The van der Waals surface area contributed by atoms with Crippen molar-refractivity contribution in [3.8, 4) is 5.75 Å². The summed E-state index contributed by atoms with van der Waals surface area (Å²) in [7, 11) is 1.41. The number of allylic oxidation sites excluding steroid dienone is 2. The van der Waals surface area contributed by atoms with Crippen molar-refractivity contribution < 1.29 is 9.66 Å². The third-order valence-electron chi connectivity index (χ3n) is 4.98. The van der Waals surface area contributed by atoms with Crippen molar-refractivity contribution in [2.24, 2.45) is 10.2 Å². The third-order valence-corrected chi connectivity index (χ3v) is 5.92. The Labute approximate surface area is 175 Å². The zero-order valence-corrected chi connectivity index (χ0v) is 17.0. The predicted molar refractivity (Wildman–Crippen MR) is 114 cm³/mol. The minimum atomic E-state index is -0.452. The molecule has 0 spiro atoms. The molecule has 5 rings (SSSR count). The molecule has 1 aromatic carbocycles. The van der Waals surface area contributed by atoms with E-state index in [1.807, 2.05) is 19.1 Å². The normalized spacial score (nSPS) is 18.7. The number of nitrogens with zero attached hydrogens (tertiary/aromatic N) is 6. The lowest BCUT2D eigenvalue weighted by Crippen LogP contribution is -2.37. The van der Waals surface area contributed by atoms with Crippen LogP contribution in [0.25, 0.3) is 11.9 Å². The number of thioether (sulfide) groups is 1. The zero-order chi connectivity index (χ0) is 20.8. The number of benzene rings is 1. The number of hydrogen-bond donors (Lipinski definition) is 1. The minimum absolute atomic E-state index is 0.0889. The highest BCUT2D eigenvalue weighted by Crippen LogP contribution is 2.31. The summed E-state index contributed by atoms with van der Waals surface area (Å²) in [5.41, 5.74) is 6.14. The second-order valence-electron chi connectivity index (χ2n) is 6.76. The molecule has 0 radical (unpaired) electrons. The van der Waals surface area contributed by atoms with Crippen molar-refractivity contribution in [2.75, 3.05) is 12.9 Å². The van der Waals surface area contributed by atoms with E-state index in [0.29, 0.717) is 23.6 Å². The van der Waals surface area contributed by atoms with Crippen molar-refractivity contribution in [1.82, 2.24) is 20.0 Å². The van der Waals surface area contributed by atoms with Crippen LogP contribution in [-0.2, 0) is 6.54 Å². The van der Waals surface area contributed by atoms with Crippen LogP contribution in [0.1, 0.15) is 11.3 Å². The largest absolute Gasteiger partial charge is 0.490 e. The van der Waals surface area contributed by atoms with Gasteiger partial charge in [0.2, 0.25) is 5.17 Å². The van der Waals surface area contributed by atoms with Crippen molar-refractivity contribution in [3.63, 3.8) is 0 Å². The number of aryl methyl sites for hydroxylation is 1. The van der Waals surface area contributed by atoms with Gasteiger partial charge >= 0.3 is 5.69 Å². The van der Waals surface area contributed by atoms with Crippen LogP contribution in [0.2, 0.25) is 0 Å². The van der Waals surface area contributed by atoms with E-state index in [4.69, 9.17) is 9.84 Å². The number of hydrazone groups is 2. The molecule has 0 bridgehead atoms. The summed E-state index contributed by atoms with van der Waals surface area (Å²) in [6.07, 6.45) is 6.02. The highest BCUT2D eigenvalue weighted by atomic mass is 32.2. The Hall–Kier alpha value is -3.60. The molecule has 10 nitrogen and oxygen atoms in total. The molecule has 0 saturated heterocycles. The number of fused-ring (bicyclic) bond motifs is 2. The quantitative estimate of drug-likeness (QED) is 0.576. The van der Waals surface area contributed by atoms with Crippen LogP contribution in [0.4, 0.5) is 5.69 Å². The maximum absolute atomic E-state index is 11.4. The first-order valence-electron chi connectivity index (χ1n) is 9.18. The monoisotopic (exact) mass is 423 g/mol. The number of nitro groups is 1. The Morgan fingerprint density at radius 1 is 1.37 bits per heavy atom. The molecule has 0 amide bonds. The van der Waals surface area contributed by atoms with Crippen LogP contribution in [0, 0.1) is 17.0 Å². The molecular weight excluding hydrogens is 406 g/mol. The van der Waals surface area contributed by atoms with Crippen molar-refractivity contribution in [3.05, 3.63) is 62.6 Å². The van der Waals surface area contributed by atoms with E-state index >= 15 is 0 Å². The van der Waals surface area contributed by atoms with Crippen LogP contribution in [0.3, 0.4) is 0 Å². The molecule has 1 aromatic heterocycles. The van der Waals surface area contributed by atoms with Crippen LogP contribution in [0.15, 0.2) is 40.6 Å². The standard InChI is InChI=1S/C19H17N7O3S/c1-11-17(24-8-4-3-5-16(24)20-11)18-21-22-19-25(18)23-13(10-30-19)12-6-7-15(29-2)14(9-12)26(27)28/h3-7,9,21H,8,10H2,1-2H3/b18-17-. The molecule has 1 N–H and O–H groups in total. The van der Waals surface area contributed by atoms with Gasteiger partial charge in [0.15, 0.2) is 11.6 Å². The summed E-state index contributed by atoms with van der Waals surface area (Å²) in [4.78, 5) is 15.6. The van der Waals surface area contributed by atoms with Gasteiger partial charge in [-0.05, 0) is 25.1 Å². The SMILES string of the molecule is COc1ccc(C2=NN3C(=NN/C3=c3\c(C)nc4n3CC=CC=4)SC2)cc1[N+](=O)[O-]. The molecule has 3 aliphatic rings. The number of nitro benzene ring substituents is 1. The van der Waals surface area contributed by atoms with Gasteiger partial charge in [0.1, 0.15) is 10.8 Å². The molecule has 152 valence electrons. The van der Waals surface area contributed by atoms with Gasteiger partial charge in [0, 0.05) is 23.9 Å². The zero-order valence-electron chi connectivity index (χ0n) is 16.2. The number of rotatable bonds is 3. The third kappa shape index (κ3) is 2.86. The lowest BCUT2D eigenvalue weighted by atomic mass is 10.1. The van der Waals surface area contributed by atoms with Crippen molar-refractivity contribution >= 4 is 40.2 Å². The smallest absolute Gasteiger partial charge is 0.311 e. The van der Waals surface area contributed by atoms with Gasteiger partial charge in [-0.2, -0.15) is 10.1 Å². The van der Waals surface area contributed by atoms with Gasteiger partial charge < -0.3 is 9.30 Å². The van der Waals surface area contributed by atoms with Crippen molar-refractivity contribution in [1.29, 1.82) is 0 Å². The Morgan fingerprint density at radius 3 is 3.03 bits per heavy atom. The molecular formula is C19H17N7O3S. The Bertz CT molecular complexity index is 1290. The summed E-state index contributed by atoms with van der Waals surface area (Å²) in [6.45, 7) is 2.67. The van der Waals surface area contributed by atoms with E-state index in [-0.39, 0.29) is 11.4 Å². The van der Waals surface area contributed by atoms with E-state index in [1.165, 1.54) is 24.9 Å². The number of ether oxygens (including phenoxy) is 1.